The largest absolute Gasteiger partial charge is 0.493 e. The molecule has 1 saturated heterocycles. The zero-order valence-electron chi connectivity index (χ0n) is 15.2. The summed E-state index contributed by atoms with van der Waals surface area (Å²) in [5, 5.41) is 2.28. The van der Waals surface area contributed by atoms with E-state index in [1.54, 1.807) is 0 Å². The lowest BCUT2D eigenvalue weighted by Crippen LogP contribution is -2.54. The van der Waals surface area contributed by atoms with Crippen molar-refractivity contribution in [3.05, 3.63) is 42.5 Å². The number of piperidine rings is 1. The average Bonchev–Trinajstić information content (AvgIpc) is 2.61. The molecule has 4 nitrogen and oxygen atoms in total. The molecule has 4 heteroatoms. The zero-order valence-corrected chi connectivity index (χ0v) is 15.2. The van der Waals surface area contributed by atoms with Gasteiger partial charge >= 0.3 is 0 Å². The van der Waals surface area contributed by atoms with Gasteiger partial charge in [0.15, 0.2) is 0 Å². The number of amides is 1. The molecule has 2 aromatic rings. The van der Waals surface area contributed by atoms with Gasteiger partial charge in [-0.1, -0.05) is 50.2 Å². The Morgan fingerprint density at radius 2 is 2.00 bits per heavy atom. The lowest BCUT2D eigenvalue weighted by atomic mass is 9.79. The van der Waals surface area contributed by atoms with Crippen molar-refractivity contribution in [2.45, 2.75) is 39.2 Å². The first-order valence-electron chi connectivity index (χ1n) is 9.11. The van der Waals surface area contributed by atoms with Gasteiger partial charge in [0.25, 0.3) is 0 Å². The summed E-state index contributed by atoms with van der Waals surface area (Å²) in [5.74, 6) is 1.09. The Hall–Kier alpha value is -2.07. The molecule has 1 amide bonds. The minimum absolute atomic E-state index is 0.00658. The highest BCUT2D eigenvalue weighted by molar-refractivity contribution is 5.88. The number of nitrogens with zero attached hydrogens (tertiary/aromatic N) is 1. The van der Waals surface area contributed by atoms with Crippen molar-refractivity contribution in [1.29, 1.82) is 0 Å². The highest BCUT2D eigenvalue weighted by Gasteiger charge is 2.34. The van der Waals surface area contributed by atoms with Crippen LogP contribution < -0.4 is 10.5 Å². The summed E-state index contributed by atoms with van der Waals surface area (Å²) in [7, 11) is 0. The van der Waals surface area contributed by atoms with E-state index in [0.29, 0.717) is 13.0 Å². The molecular formula is C21H28N2O2. The molecule has 0 aliphatic carbocycles. The molecule has 0 spiro atoms. The molecule has 1 heterocycles. The number of likely N-dealkylation sites (tertiary alicyclic amines) is 1. The third kappa shape index (κ3) is 4.13. The van der Waals surface area contributed by atoms with Gasteiger partial charge in [-0.15, -0.1) is 0 Å². The lowest BCUT2D eigenvalue weighted by molar-refractivity contribution is -0.134. The highest BCUT2D eigenvalue weighted by Crippen LogP contribution is 2.28. The second kappa shape index (κ2) is 7.44. The summed E-state index contributed by atoms with van der Waals surface area (Å²) < 4.78 is 5.92. The van der Waals surface area contributed by atoms with E-state index in [-0.39, 0.29) is 17.4 Å². The van der Waals surface area contributed by atoms with E-state index >= 15 is 0 Å². The van der Waals surface area contributed by atoms with Crippen LogP contribution in [-0.2, 0) is 4.79 Å². The maximum atomic E-state index is 12.4. The second-order valence-corrected chi connectivity index (χ2v) is 7.63. The Balaban J connectivity index is 1.49. The van der Waals surface area contributed by atoms with Gasteiger partial charge in [0, 0.05) is 30.9 Å². The van der Waals surface area contributed by atoms with Crippen LogP contribution in [0.25, 0.3) is 10.8 Å². The van der Waals surface area contributed by atoms with E-state index in [1.165, 1.54) is 5.39 Å². The zero-order chi connectivity index (χ0) is 17.9. The fraction of sp³-hybridized carbons (Fsp3) is 0.476. The quantitative estimate of drug-likeness (QED) is 0.846. The van der Waals surface area contributed by atoms with Crippen LogP contribution >= 0.6 is 0 Å². The van der Waals surface area contributed by atoms with Gasteiger partial charge in [-0.3, -0.25) is 4.79 Å². The number of hydrogen-bond acceptors (Lipinski definition) is 3. The first kappa shape index (κ1) is 17.7. The van der Waals surface area contributed by atoms with Gasteiger partial charge in [-0.2, -0.15) is 0 Å². The van der Waals surface area contributed by atoms with Crippen molar-refractivity contribution >= 4 is 16.7 Å². The van der Waals surface area contributed by atoms with Crippen molar-refractivity contribution in [3.63, 3.8) is 0 Å². The fourth-order valence-corrected chi connectivity index (χ4v) is 3.47. The molecule has 2 N–H and O–H groups in total. The van der Waals surface area contributed by atoms with Crippen LogP contribution in [0.3, 0.4) is 0 Å². The van der Waals surface area contributed by atoms with Gasteiger partial charge in [0.2, 0.25) is 5.91 Å². The highest BCUT2D eigenvalue weighted by atomic mass is 16.5. The molecule has 1 unspecified atom stereocenters. The van der Waals surface area contributed by atoms with E-state index in [0.717, 1.165) is 37.1 Å². The Labute approximate surface area is 149 Å². The Morgan fingerprint density at radius 1 is 1.24 bits per heavy atom. The molecule has 3 rings (SSSR count). The van der Waals surface area contributed by atoms with Crippen molar-refractivity contribution in [2.24, 2.45) is 11.1 Å². The van der Waals surface area contributed by atoms with Crippen molar-refractivity contribution in [3.8, 4) is 5.75 Å². The molecule has 1 aliphatic rings. The number of ether oxygens (including phenoxy) is 1. The standard InChI is InChI=1S/C21H28N2O2/c1-21(2)15-23(13-12-19(21)22)20(24)11-6-14-25-18-10-5-8-16-7-3-4-9-17(16)18/h3-5,7-10,19H,6,11-15,22H2,1-2H3. The number of nitrogens with two attached hydrogens (primary N) is 1. The summed E-state index contributed by atoms with van der Waals surface area (Å²) in [4.78, 5) is 14.4. The molecule has 0 saturated carbocycles. The smallest absolute Gasteiger partial charge is 0.222 e. The van der Waals surface area contributed by atoms with Gasteiger partial charge in [0.1, 0.15) is 5.75 Å². The van der Waals surface area contributed by atoms with E-state index in [4.69, 9.17) is 10.5 Å². The van der Waals surface area contributed by atoms with Gasteiger partial charge in [-0.05, 0) is 29.7 Å². The van der Waals surface area contributed by atoms with E-state index < -0.39 is 0 Å². The first-order chi connectivity index (χ1) is 12.0. The Bertz CT molecular complexity index is 736. The third-order valence-corrected chi connectivity index (χ3v) is 5.21. The number of carbonyl (C=O) groups excluding carboxylic acids is 1. The summed E-state index contributed by atoms with van der Waals surface area (Å²) in [5.41, 5.74) is 6.14. The van der Waals surface area contributed by atoms with Crippen LogP contribution in [0.1, 0.15) is 33.1 Å². The lowest BCUT2D eigenvalue weighted by Gasteiger charge is -2.42. The predicted octanol–water partition coefficient (Wildman–Crippen LogP) is 3.58. The molecule has 25 heavy (non-hydrogen) atoms. The van der Waals surface area contributed by atoms with Gasteiger partial charge < -0.3 is 15.4 Å². The molecule has 134 valence electrons. The molecule has 0 radical (unpaired) electrons. The third-order valence-electron chi connectivity index (χ3n) is 5.21. The number of hydrogen-bond donors (Lipinski definition) is 1. The SMILES string of the molecule is CC1(C)CN(C(=O)CCCOc2cccc3ccccc23)CCC1N. The number of carbonyl (C=O) groups is 1. The van der Waals surface area contributed by atoms with Crippen LogP contribution in [-0.4, -0.2) is 36.5 Å². The Kier molecular flexibility index (Phi) is 5.28. The second-order valence-electron chi connectivity index (χ2n) is 7.63. The van der Waals surface area contributed by atoms with E-state index in [2.05, 4.69) is 32.0 Å². The summed E-state index contributed by atoms with van der Waals surface area (Å²) >= 11 is 0. The fourth-order valence-electron chi connectivity index (χ4n) is 3.47. The van der Waals surface area contributed by atoms with Crippen LogP contribution in [0.2, 0.25) is 0 Å². The summed E-state index contributed by atoms with van der Waals surface area (Å²) in [6.45, 7) is 6.35. The molecule has 2 aromatic carbocycles. The van der Waals surface area contributed by atoms with Gasteiger partial charge in [0.05, 0.1) is 6.61 Å². The predicted molar refractivity (Wildman–Crippen MR) is 102 cm³/mol. The monoisotopic (exact) mass is 340 g/mol. The first-order valence-corrected chi connectivity index (χ1v) is 9.11. The molecule has 0 bridgehead atoms. The molecule has 0 aromatic heterocycles. The van der Waals surface area contributed by atoms with E-state index in [9.17, 15) is 4.79 Å². The summed E-state index contributed by atoms with van der Waals surface area (Å²) in [6, 6.07) is 14.4. The number of fused-ring (bicyclic) bond motifs is 1. The number of rotatable bonds is 5. The minimum atomic E-state index is -0.00658. The maximum absolute atomic E-state index is 12.4. The van der Waals surface area contributed by atoms with E-state index in [1.807, 2.05) is 29.2 Å². The summed E-state index contributed by atoms with van der Waals surface area (Å²) in [6.07, 6.45) is 2.13. The van der Waals surface area contributed by atoms with Crippen molar-refractivity contribution < 1.29 is 9.53 Å². The molecule has 1 aliphatic heterocycles. The van der Waals surface area contributed by atoms with Crippen molar-refractivity contribution in [2.75, 3.05) is 19.7 Å². The van der Waals surface area contributed by atoms with Crippen LogP contribution in [0.4, 0.5) is 0 Å². The maximum Gasteiger partial charge on any atom is 0.222 e. The van der Waals surface area contributed by atoms with Crippen LogP contribution in [0.5, 0.6) is 5.75 Å². The van der Waals surface area contributed by atoms with Crippen LogP contribution in [0, 0.1) is 5.41 Å². The normalized spacial score (nSPS) is 19.8. The topological polar surface area (TPSA) is 55.6 Å². The molecular weight excluding hydrogens is 312 g/mol. The van der Waals surface area contributed by atoms with Crippen molar-refractivity contribution in [1.82, 2.24) is 4.90 Å². The van der Waals surface area contributed by atoms with Crippen LogP contribution in [0.15, 0.2) is 42.5 Å². The number of benzene rings is 2. The Morgan fingerprint density at radius 3 is 2.80 bits per heavy atom. The molecule has 1 atom stereocenters. The molecule has 1 fully saturated rings. The average molecular weight is 340 g/mol. The minimum Gasteiger partial charge on any atom is -0.493 e. The van der Waals surface area contributed by atoms with Gasteiger partial charge in [-0.25, -0.2) is 0 Å².